The summed E-state index contributed by atoms with van der Waals surface area (Å²) in [7, 11) is 0. The smallest absolute Gasteiger partial charge is 0.174 e. The molecule has 0 fully saturated rings. The van der Waals surface area contributed by atoms with E-state index < -0.39 is 0 Å². The predicted octanol–water partition coefficient (Wildman–Crippen LogP) is 4.70. The number of aromatic hydroxyl groups is 1. The van der Waals surface area contributed by atoms with Gasteiger partial charge in [-0.05, 0) is 38.1 Å². The molecule has 6 heteroatoms. The van der Waals surface area contributed by atoms with E-state index in [1.54, 1.807) is 24.3 Å². The van der Waals surface area contributed by atoms with Gasteiger partial charge in [0.1, 0.15) is 11.4 Å². The van der Waals surface area contributed by atoms with E-state index in [9.17, 15) is 5.11 Å². The number of phenolic OH excluding ortho intramolecular Hbond substituents is 1. The van der Waals surface area contributed by atoms with Crippen LogP contribution in [0.1, 0.15) is 13.8 Å². The highest BCUT2D eigenvalue weighted by Gasteiger charge is 2.06. The maximum atomic E-state index is 10.0. The van der Waals surface area contributed by atoms with Crippen molar-refractivity contribution in [2.75, 3.05) is 18.0 Å². The SMILES string of the molecule is CCN(CC)c1ccc(/N=N/c2ccc(Cl)cn2)c(O)c1. The Morgan fingerprint density at radius 1 is 1.14 bits per heavy atom. The van der Waals surface area contributed by atoms with Gasteiger partial charge in [0, 0.05) is 31.0 Å². The van der Waals surface area contributed by atoms with Crippen LogP contribution in [-0.4, -0.2) is 23.2 Å². The number of halogens is 1. The molecule has 2 rings (SSSR count). The molecule has 0 saturated heterocycles. The summed E-state index contributed by atoms with van der Waals surface area (Å²) < 4.78 is 0. The van der Waals surface area contributed by atoms with Crippen LogP contribution in [0.15, 0.2) is 46.8 Å². The Morgan fingerprint density at radius 3 is 2.48 bits per heavy atom. The van der Waals surface area contributed by atoms with E-state index in [1.807, 2.05) is 6.07 Å². The van der Waals surface area contributed by atoms with Crippen LogP contribution >= 0.6 is 11.6 Å². The molecule has 0 aliphatic carbocycles. The van der Waals surface area contributed by atoms with Crippen LogP contribution in [0, 0.1) is 0 Å². The number of hydrogen-bond donors (Lipinski definition) is 1. The zero-order valence-corrected chi connectivity index (χ0v) is 12.7. The lowest BCUT2D eigenvalue weighted by molar-refractivity contribution is 0.476. The molecule has 1 N–H and O–H groups in total. The van der Waals surface area contributed by atoms with Crippen molar-refractivity contribution >= 4 is 28.8 Å². The molecule has 110 valence electrons. The lowest BCUT2D eigenvalue weighted by atomic mass is 10.2. The minimum absolute atomic E-state index is 0.0945. The molecule has 1 aromatic carbocycles. The van der Waals surface area contributed by atoms with Crippen molar-refractivity contribution in [3.63, 3.8) is 0 Å². The second-order valence-electron chi connectivity index (χ2n) is 4.38. The fraction of sp³-hybridized carbons (Fsp3) is 0.267. The van der Waals surface area contributed by atoms with Gasteiger partial charge in [-0.25, -0.2) is 4.98 Å². The molecular weight excluding hydrogens is 288 g/mol. The Hall–Kier alpha value is -2.14. The number of rotatable bonds is 5. The average molecular weight is 305 g/mol. The third kappa shape index (κ3) is 3.92. The third-order valence-corrected chi connectivity index (χ3v) is 3.28. The number of phenols is 1. The zero-order valence-electron chi connectivity index (χ0n) is 12.0. The summed E-state index contributed by atoms with van der Waals surface area (Å²) in [6.07, 6.45) is 1.50. The first-order chi connectivity index (χ1) is 10.1. The van der Waals surface area contributed by atoms with Gasteiger partial charge < -0.3 is 10.0 Å². The van der Waals surface area contributed by atoms with Gasteiger partial charge in [0.25, 0.3) is 0 Å². The highest BCUT2D eigenvalue weighted by Crippen LogP contribution is 2.32. The van der Waals surface area contributed by atoms with Crippen LogP contribution in [0.3, 0.4) is 0 Å². The molecular formula is C15H17ClN4O. The predicted molar refractivity (Wildman–Crippen MR) is 85.1 cm³/mol. The van der Waals surface area contributed by atoms with Crippen molar-refractivity contribution in [1.29, 1.82) is 0 Å². The number of aromatic nitrogens is 1. The molecule has 2 aromatic rings. The van der Waals surface area contributed by atoms with E-state index in [0.29, 0.717) is 16.5 Å². The van der Waals surface area contributed by atoms with Gasteiger partial charge in [0.2, 0.25) is 0 Å². The van der Waals surface area contributed by atoms with Gasteiger partial charge in [-0.15, -0.1) is 10.2 Å². The number of hydrogen-bond acceptors (Lipinski definition) is 5. The summed E-state index contributed by atoms with van der Waals surface area (Å²) in [6, 6.07) is 8.69. The van der Waals surface area contributed by atoms with Crippen molar-refractivity contribution < 1.29 is 5.11 Å². The fourth-order valence-electron chi connectivity index (χ4n) is 1.91. The van der Waals surface area contributed by atoms with E-state index in [0.717, 1.165) is 18.8 Å². The minimum atomic E-state index is 0.0945. The number of azo groups is 1. The molecule has 0 radical (unpaired) electrons. The molecule has 0 amide bonds. The lowest BCUT2D eigenvalue weighted by Crippen LogP contribution is -2.21. The van der Waals surface area contributed by atoms with Crippen molar-refractivity contribution in [2.45, 2.75) is 13.8 Å². The third-order valence-electron chi connectivity index (χ3n) is 3.06. The molecule has 0 saturated carbocycles. The second-order valence-corrected chi connectivity index (χ2v) is 4.82. The highest BCUT2D eigenvalue weighted by atomic mass is 35.5. The van der Waals surface area contributed by atoms with Crippen molar-refractivity contribution in [3.05, 3.63) is 41.6 Å². The first-order valence-electron chi connectivity index (χ1n) is 6.75. The molecule has 5 nitrogen and oxygen atoms in total. The molecule has 21 heavy (non-hydrogen) atoms. The van der Waals surface area contributed by atoms with Gasteiger partial charge in [-0.3, -0.25) is 0 Å². The van der Waals surface area contributed by atoms with Gasteiger partial charge >= 0.3 is 0 Å². The van der Waals surface area contributed by atoms with E-state index in [1.165, 1.54) is 6.20 Å². The second kappa shape index (κ2) is 7.04. The fourth-order valence-corrected chi connectivity index (χ4v) is 2.03. The first kappa shape index (κ1) is 15.3. The van der Waals surface area contributed by atoms with E-state index >= 15 is 0 Å². The molecule has 0 aliphatic rings. The van der Waals surface area contributed by atoms with E-state index in [-0.39, 0.29) is 5.75 Å². The maximum Gasteiger partial charge on any atom is 0.174 e. The van der Waals surface area contributed by atoms with Gasteiger partial charge in [-0.2, -0.15) is 0 Å². The monoisotopic (exact) mass is 304 g/mol. The minimum Gasteiger partial charge on any atom is -0.506 e. The maximum absolute atomic E-state index is 10.0. The molecule has 1 heterocycles. The largest absolute Gasteiger partial charge is 0.506 e. The molecule has 0 atom stereocenters. The van der Waals surface area contributed by atoms with Crippen LogP contribution in [0.2, 0.25) is 5.02 Å². The summed E-state index contributed by atoms with van der Waals surface area (Å²) in [5, 5.41) is 18.6. The summed E-state index contributed by atoms with van der Waals surface area (Å²) in [5.74, 6) is 0.531. The normalized spacial score (nSPS) is 11.0. The topological polar surface area (TPSA) is 61.1 Å². The van der Waals surface area contributed by atoms with Gasteiger partial charge in [-0.1, -0.05) is 11.6 Å². The number of nitrogens with zero attached hydrogens (tertiary/aromatic N) is 4. The van der Waals surface area contributed by atoms with E-state index in [2.05, 4.69) is 34.0 Å². The van der Waals surface area contributed by atoms with Crippen LogP contribution in [0.4, 0.5) is 17.2 Å². The number of pyridine rings is 1. The zero-order chi connectivity index (χ0) is 15.2. The molecule has 0 aliphatic heterocycles. The first-order valence-corrected chi connectivity index (χ1v) is 7.13. The summed E-state index contributed by atoms with van der Waals surface area (Å²) in [4.78, 5) is 6.15. The van der Waals surface area contributed by atoms with Crippen molar-refractivity contribution in [2.24, 2.45) is 10.2 Å². The van der Waals surface area contributed by atoms with Crippen LogP contribution in [-0.2, 0) is 0 Å². The van der Waals surface area contributed by atoms with Crippen LogP contribution in [0.25, 0.3) is 0 Å². The summed E-state index contributed by atoms with van der Waals surface area (Å²) in [6.45, 7) is 5.90. The van der Waals surface area contributed by atoms with Gasteiger partial charge in [0.05, 0.1) is 5.02 Å². The Morgan fingerprint density at radius 2 is 1.90 bits per heavy atom. The van der Waals surface area contributed by atoms with Crippen LogP contribution in [0.5, 0.6) is 5.75 Å². The Labute approximate surface area is 128 Å². The summed E-state index contributed by atoms with van der Waals surface area (Å²) >= 11 is 5.75. The van der Waals surface area contributed by atoms with Crippen molar-refractivity contribution in [3.8, 4) is 5.75 Å². The van der Waals surface area contributed by atoms with Gasteiger partial charge in [0.15, 0.2) is 5.82 Å². The van der Waals surface area contributed by atoms with E-state index in [4.69, 9.17) is 11.6 Å². The number of anilines is 1. The quantitative estimate of drug-likeness (QED) is 0.814. The molecule has 0 spiro atoms. The van der Waals surface area contributed by atoms with Crippen LogP contribution < -0.4 is 4.90 Å². The average Bonchev–Trinajstić information content (AvgIpc) is 2.49. The Kier molecular flexibility index (Phi) is 5.11. The highest BCUT2D eigenvalue weighted by molar-refractivity contribution is 6.30. The molecule has 1 aromatic heterocycles. The summed E-state index contributed by atoms with van der Waals surface area (Å²) in [5.41, 5.74) is 1.36. The Balaban J connectivity index is 2.19. The molecule has 0 unspecified atom stereocenters. The Bertz CT molecular complexity index is 624. The number of benzene rings is 1. The molecule has 0 bridgehead atoms. The van der Waals surface area contributed by atoms with Crippen molar-refractivity contribution in [1.82, 2.24) is 4.98 Å². The standard InChI is InChI=1S/C15H17ClN4O/c1-3-20(4-2)12-6-7-13(14(21)9-12)18-19-15-8-5-11(16)10-17-15/h5-10,21H,3-4H2,1-2H3/b19-18+. The lowest BCUT2D eigenvalue weighted by Gasteiger charge is -2.21.